The smallest absolute Gasteiger partial charge is 0.261 e. The van der Waals surface area contributed by atoms with Gasteiger partial charge < -0.3 is 9.64 Å². The number of nitrogens with one attached hydrogen (secondary N) is 1. The van der Waals surface area contributed by atoms with E-state index in [1.165, 1.54) is 23.4 Å². The highest BCUT2D eigenvalue weighted by Crippen LogP contribution is 2.34. The van der Waals surface area contributed by atoms with Crippen molar-refractivity contribution in [2.45, 2.75) is 11.3 Å². The largest absolute Gasteiger partial charge is 0.497 e. The van der Waals surface area contributed by atoms with Gasteiger partial charge in [0.15, 0.2) is 0 Å². The summed E-state index contributed by atoms with van der Waals surface area (Å²) in [6.45, 7) is 0.927. The van der Waals surface area contributed by atoms with E-state index in [1.54, 1.807) is 31.4 Å². The van der Waals surface area contributed by atoms with Gasteiger partial charge in [0.25, 0.3) is 10.0 Å². The van der Waals surface area contributed by atoms with E-state index in [0.29, 0.717) is 11.4 Å². The Morgan fingerprint density at radius 2 is 1.63 bits per heavy atom. The molecule has 0 bridgehead atoms. The van der Waals surface area contributed by atoms with Crippen LogP contribution in [0.4, 0.5) is 17.1 Å². The molecule has 0 fully saturated rings. The molecule has 27 heavy (non-hydrogen) atoms. The Bertz CT molecular complexity index is 1050. The molecule has 0 aliphatic carbocycles. The average molecular weight is 380 g/mol. The van der Waals surface area contributed by atoms with E-state index in [9.17, 15) is 8.42 Å². The first-order chi connectivity index (χ1) is 13.1. The molecule has 1 N–H and O–H groups in total. The Hall–Kier alpha value is -2.99. The summed E-state index contributed by atoms with van der Waals surface area (Å²) in [5.41, 5.74) is 4.13. The summed E-state index contributed by atoms with van der Waals surface area (Å²) in [6, 6.07) is 22.1. The van der Waals surface area contributed by atoms with Crippen LogP contribution in [0.2, 0.25) is 0 Å². The fourth-order valence-corrected chi connectivity index (χ4v) is 4.34. The molecular weight excluding hydrogens is 360 g/mol. The zero-order valence-corrected chi connectivity index (χ0v) is 15.7. The molecule has 0 unspecified atom stereocenters. The second kappa shape index (κ2) is 6.96. The number of sulfonamides is 1. The number of anilines is 3. The molecule has 0 spiro atoms. The van der Waals surface area contributed by atoms with Gasteiger partial charge in [-0.2, -0.15) is 0 Å². The van der Waals surface area contributed by atoms with Crippen LogP contribution in [-0.2, 0) is 16.4 Å². The lowest BCUT2D eigenvalue weighted by Crippen LogP contribution is -2.14. The zero-order valence-electron chi connectivity index (χ0n) is 14.9. The molecule has 1 heterocycles. The molecule has 0 saturated heterocycles. The molecule has 0 aromatic heterocycles. The lowest BCUT2D eigenvalue weighted by molar-refractivity contribution is 0.414. The predicted molar refractivity (Wildman–Crippen MR) is 107 cm³/mol. The van der Waals surface area contributed by atoms with E-state index in [4.69, 9.17) is 4.74 Å². The Kier molecular flexibility index (Phi) is 4.49. The van der Waals surface area contributed by atoms with Gasteiger partial charge in [0.05, 0.1) is 12.0 Å². The molecular formula is C21H20N2O3S. The van der Waals surface area contributed by atoms with Crippen LogP contribution < -0.4 is 14.4 Å². The van der Waals surface area contributed by atoms with Crippen LogP contribution in [0.3, 0.4) is 0 Å². The number of para-hydroxylation sites is 1. The second-order valence-corrected chi connectivity index (χ2v) is 8.04. The van der Waals surface area contributed by atoms with Crippen molar-refractivity contribution in [1.29, 1.82) is 0 Å². The van der Waals surface area contributed by atoms with Gasteiger partial charge in [-0.15, -0.1) is 0 Å². The first kappa shape index (κ1) is 17.4. The van der Waals surface area contributed by atoms with Crippen molar-refractivity contribution in [3.05, 3.63) is 78.4 Å². The minimum absolute atomic E-state index is 0.195. The van der Waals surface area contributed by atoms with E-state index in [2.05, 4.69) is 27.8 Å². The van der Waals surface area contributed by atoms with Crippen molar-refractivity contribution < 1.29 is 13.2 Å². The minimum atomic E-state index is -3.64. The molecule has 138 valence electrons. The van der Waals surface area contributed by atoms with E-state index in [0.717, 1.165) is 18.7 Å². The highest BCUT2D eigenvalue weighted by atomic mass is 32.2. The number of nitrogens with zero attached hydrogens (tertiary/aromatic N) is 1. The van der Waals surface area contributed by atoms with E-state index < -0.39 is 10.0 Å². The number of ether oxygens (including phenoxy) is 1. The zero-order chi connectivity index (χ0) is 18.9. The Morgan fingerprint density at radius 1 is 0.926 bits per heavy atom. The second-order valence-electron chi connectivity index (χ2n) is 6.36. The van der Waals surface area contributed by atoms with Gasteiger partial charge >= 0.3 is 0 Å². The van der Waals surface area contributed by atoms with Crippen molar-refractivity contribution in [3.8, 4) is 5.75 Å². The molecule has 1 aliphatic heterocycles. The lowest BCUT2D eigenvalue weighted by Gasteiger charge is -2.20. The fraction of sp³-hybridized carbons (Fsp3) is 0.143. The summed E-state index contributed by atoms with van der Waals surface area (Å²) >= 11 is 0. The topological polar surface area (TPSA) is 58.6 Å². The maximum atomic E-state index is 12.5. The third-order valence-electron chi connectivity index (χ3n) is 4.69. The quantitative estimate of drug-likeness (QED) is 0.721. The standard InChI is InChI=1S/C21H20N2O3S/c1-26-19-10-12-20(13-11-19)27(24,25)22-17-6-8-18(9-7-17)23-15-14-16-4-2-3-5-21(16)23/h2-13,22H,14-15H2,1H3. The number of rotatable bonds is 5. The number of hydrogen-bond donors (Lipinski definition) is 1. The molecule has 0 radical (unpaired) electrons. The van der Waals surface area contributed by atoms with Crippen LogP contribution in [0.25, 0.3) is 0 Å². The van der Waals surface area contributed by atoms with Gasteiger partial charge in [0.2, 0.25) is 0 Å². The van der Waals surface area contributed by atoms with Crippen LogP contribution in [0.15, 0.2) is 77.7 Å². The van der Waals surface area contributed by atoms with Crippen LogP contribution in [-0.4, -0.2) is 22.1 Å². The Morgan fingerprint density at radius 3 is 2.33 bits per heavy atom. The van der Waals surface area contributed by atoms with Crippen molar-refractivity contribution >= 4 is 27.1 Å². The summed E-state index contributed by atoms with van der Waals surface area (Å²) in [6.07, 6.45) is 1.02. The summed E-state index contributed by atoms with van der Waals surface area (Å²) in [4.78, 5) is 2.44. The van der Waals surface area contributed by atoms with Crippen LogP contribution in [0.1, 0.15) is 5.56 Å². The molecule has 0 atom stereocenters. The predicted octanol–water partition coefficient (Wildman–Crippen LogP) is 4.19. The van der Waals surface area contributed by atoms with Gasteiger partial charge in [0, 0.05) is 23.6 Å². The van der Waals surface area contributed by atoms with Crippen LogP contribution >= 0.6 is 0 Å². The van der Waals surface area contributed by atoms with Crippen molar-refractivity contribution in [3.63, 3.8) is 0 Å². The number of hydrogen-bond acceptors (Lipinski definition) is 4. The summed E-state index contributed by atoms with van der Waals surface area (Å²) in [5.74, 6) is 0.615. The van der Waals surface area contributed by atoms with Gasteiger partial charge in [0.1, 0.15) is 5.75 Å². The van der Waals surface area contributed by atoms with Crippen molar-refractivity contribution in [1.82, 2.24) is 0 Å². The van der Waals surface area contributed by atoms with Gasteiger partial charge in [-0.1, -0.05) is 18.2 Å². The van der Waals surface area contributed by atoms with E-state index in [-0.39, 0.29) is 4.90 Å². The Labute approximate surface area is 159 Å². The lowest BCUT2D eigenvalue weighted by atomic mass is 10.2. The third kappa shape index (κ3) is 3.48. The third-order valence-corrected chi connectivity index (χ3v) is 6.09. The fourth-order valence-electron chi connectivity index (χ4n) is 3.28. The molecule has 1 aliphatic rings. The molecule has 3 aromatic rings. The summed E-state index contributed by atoms with van der Waals surface area (Å²) in [7, 11) is -2.09. The molecule has 6 heteroatoms. The molecule has 3 aromatic carbocycles. The first-order valence-electron chi connectivity index (χ1n) is 8.69. The maximum Gasteiger partial charge on any atom is 0.261 e. The Balaban J connectivity index is 1.52. The minimum Gasteiger partial charge on any atom is -0.497 e. The van der Waals surface area contributed by atoms with Crippen molar-refractivity contribution in [2.75, 3.05) is 23.3 Å². The number of fused-ring (bicyclic) bond motifs is 1. The van der Waals surface area contributed by atoms with Gasteiger partial charge in [-0.25, -0.2) is 8.42 Å². The molecule has 0 amide bonds. The normalized spacial score (nSPS) is 13.3. The highest BCUT2D eigenvalue weighted by molar-refractivity contribution is 7.92. The highest BCUT2D eigenvalue weighted by Gasteiger charge is 2.20. The van der Waals surface area contributed by atoms with Gasteiger partial charge in [-0.3, -0.25) is 4.72 Å². The average Bonchev–Trinajstić information content (AvgIpc) is 3.12. The summed E-state index contributed by atoms with van der Waals surface area (Å²) < 4.78 is 32.8. The maximum absolute atomic E-state index is 12.5. The van der Waals surface area contributed by atoms with E-state index in [1.807, 2.05) is 18.2 Å². The monoisotopic (exact) mass is 380 g/mol. The first-order valence-corrected chi connectivity index (χ1v) is 10.2. The summed E-state index contributed by atoms with van der Waals surface area (Å²) in [5, 5.41) is 0. The van der Waals surface area contributed by atoms with Crippen LogP contribution in [0.5, 0.6) is 5.75 Å². The molecule has 5 nitrogen and oxygen atoms in total. The van der Waals surface area contributed by atoms with Crippen LogP contribution in [0, 0.1) is 0 Å². The van der Waals surface area contributed by atoms with Gasteiger partial charge in [-0.05, 0) is 66.6 Å². The van der Waals surface area contributed by atoms with E-state index >= 15 is 0 Å². The number of methoxy groups -OCH3 is 1. The van der Waals surface area contributed by atoms with Crippen molar-refractivity contribution in [2.24, 2.45) is 0 Å². The molecule has 4 rings (SSSR count). The SMILES string of the molecule is COc1ccc(S(=O)(=O)Nc2ccc(N3CCc4ccccc43)cc2)cc1. The number of benzene rings is 3. The molecule has 0 saturated carbocycles.